The molecule has 1 N–H and O–H groups in total. The third-order valence-electron chi connectivity index (χ3n) is 3.17. The average Bonchev–Trinajstić information content (AvgIpc) is 2.44. The van der Waals surface area contributed by atoms with Crippen molar-refractivity contribution in [2.75, 3.05) is 12.9 Å². The first-order valence-electron chi connectivity index (χ1n) is 7.15. The molecule has 22 heavy (non-hydrogen) atoms. The number of hydrogen-bond acceptors (Lipinski definition) is 5. The Morgan fingerprint density at radius 1 is 1.32 bits per heavy atom. The summed E-state index contributed by atoms with van der Waals surface area (Å²) in [5, 5.41) is 2.90. The van der Waals surface area contributed by atoms with E-state index in [1.54, 1.807) is 17.8 Å². The van der Waals surface area contributed by atoms with Crippen molar-refractivity contribution in [3.05, 3.63) is 29.3 Å². The van der Waals surface area contributed by atoms with Crippen molar-refractivity contribution in [2.24, 2.45) is 0 Å². The van der Waals surface area contributed by atoms with E-state index in [1.165, 1.54) is 7.11 Å². The van der Waals surface area contributed by atoms with Crippen LogP contribution in [-0.2, 0) is 9.47 Å². The molecule has 5 nitrogen and oxygen atoms in total. The first kappa shape index (κ1) is 16.7. The minimum absolute atomic E-state index is 0.0993. The molecule has 1 aromatic carbocycles. The van der Waals surface area contributed by atoms with Gasteiger partial charge in [0, 0.05) is 10.6 Å². The molecular formula is C16H21NO4S. The van der Waals surface area contributed by atoms with Gasteiger partial charge in [0.2, 0.25) is 0 Å². The van der Waals surface area contributed by atoms with E-state index < -0.39 is 11.7 Å². The Morgan fingerprint density at radius 3 is 2.68 bits per heavy atom. The molecule has 1 atom stereocenters. The Kier molecular flexibility index (Phi) is 5.01. The maximum Gasteiger partial charge on any atom is 0.408 e. The van der Waals surface area contributed by atoms with E-state index in [2.05, 4.69) is 5.32 Å². The highest BCUT2D eigenvalue weighted by Crippen LogP contribution is 2.37. The van der Waals surface area contributed by atoms with E-state index >= 15 is 0 Å². The quantitative estimate of drug-likeness (QED) is 0.843. The highest BCUT2D eigenvalue weighted by atomic mass is 32.2. The van der Waals surface area contributed by atoms with Crippen molar-refractivity contribution in [1.29, 1.82) is 0 Å². The Labute approximate surface area is 134 Å². The Hall–Kier alpha value is -1.69. The average molecular weight is 323 g/mol. The number of carbonyl (C=O) groups excluding carboxylic acids is 2. The molecule has 0 saturated heterocycles. The Balaban J connectivity index is 2.15. The van der Waals surface area contributed by atoms with Crippen LogP contribution in [0.5, 0.6) is 0 Å². The fraction of sp³-hybridized carbons (Fsp3) is 0.500. The van der Waals surface area contributed by atoms with E-state index in [4.69, 9.17) is 9.47 Å². The van der Waals surface area contributed by atoms with Crippen LogP contribution in [0.1, 0.15) is 49.2 Å². The van der Waals surface area contributed by atoms with E-state index in [0.717, 1.165) is 22.6 Å². The molecule has 0 radical (unpaired) electrons. The number of hydrogen-bond donors (Lipinski definition) is 1. The number of esters is 1. The number of fused-ring (bicyclic) bond motifs is 1. The molecule has 1 aliphatic rings. The number of ether oxygens (including phenoxy) is 2. The molecule has 0 aliphatic carbocycles. The second-order valence-electron chi connectivity index (χ2n) is 6.08. The number of amides is 1. The molecule has 1 aromatic rings. The third kappa shape index (κ3) is 4.16. The third-order valence-corrected chi connectivity index (χ3v) is 4.27. The van der Waals surface area contributed by atoms with Crippen molar-refractivity contribution in [3.63, 3.8) is 0 Å². The highest BCUT2D eigenvalue weighted by Gasteiger charge is 2.25. The van der Waals surface area contributed by atoms with E-state index in [1.807, 2.05) is 32.9 Å². The van der Waals surface area contributed by atoms with Crippen LogP contribution in [-0.4, -0.2) is 30.5 Å². The summed E-state index contributed by atoms with van der Waals surface area (Å²) >= 11 is 1.67. The summed E-state index contributed by atoms with van der Waals surface area (Å²) in [5.74, 6) is 0.517. The van der Waals surface area contributed by atoms with Crippen LogP contribution in [0.25, 0.3) is 0 Å². The summed E-state index contributed by atoms with van der Waals surface area (Å²) in [4.78, 5) is 24.5. The van der Waals surface area contributed by atoms with Crippen molar-refractivity contribution in [2.45, 2.75) is 43.7 Å². The lowest BCUT2D eigenvalue weighted by molar-refractivity contribution is 0.0500. The summed E-state index contributed by atoms with van der Waals surface area (Å²) < 4.78 is 10.0. The molecule has 0 unspecified atom stereocenters. The zero-order valence-corrected chi connectivity index (χ0v) is 14.1. The molecule has 0 fully saturated rings. The standard InChI is InChI=1S/C16H21NO4S/c1-16(2,3)21-15(19)17-12-7-8-22-13-9-10(14(18)20-4)5-6-11(12)13/h5-6,9,12H,7-8H2,1-4H3,(H,17,19)/t12-/m0/s1. The summed E-state index contributed by atoms with van der Waals surface area (Å²) in [6.45, 7) is 5.50. The highest BCUT2D eigenvalue weighted by molar-refractivity contribution is 7.99. The van der Waals surface area contributed by atoms with Crippen molar-refractivity contribution in [3.8, 4) is 0 Å². The lowest BCUT2D eigenvalue weighted by Gasteiger charge is -2.28. The van der Waals surface area contributed by atoms with Crippen LogP contribution >= 0.6 is 11.8 Å². The fourth-order valence-corrected chi connectivity index (χ4v) is 3.39. The van der Waals surface area contributed by atoms with Gasteiger partial charge in [0.05, 0.1) is 18.7 Å². The number of benzene rings is 1. The fourth-order valence-electron chi connectivity index (χ4n) is 2.23. The van der Waals surface area contributed by atoms with Gasteiger partial charge >= 0.3 is 12.1 Å². The molecule has 1 heterocycles. The first-order chi connectivity index (χ1) is 10.3. The van der Waals surface area contributed by atoms with E-state index in [0.29, 0.717) is 5.56 Å². The van der Waals surface area contributed by atoms with Gasteiger partial charge in [-0.2, -0.15) is 0 Å². The van der Waals surface area contributed by atoms with Gasteiger partial charge in [-0.3, -0.25) is 0 Å². The second-order valence-corrected chi connectivity index (χ2v) is 7.22. The van der Waals surface area contributed by atoms with Crippen LogP contribution in [0.15, 0.2) is 23.1 Å². The maximum atomic E-state index is 11.9. The summed E-state index contributed by atoms with van der Waals surface area (Å²) in [6, 6.07) is 5.31. The van der Waals surface area contributed by atoms with E-state index in [-0.39, 0.29) is 12.0 Å². The van der Waals surface area contributed by atoms with Crippen LogP contribution < -0.4 is 5.32 Å². The van der Waals surface area contributed by atoms with Crippen LogP contribution in [0.3, 0.4) is 0 Å². The number of nitrogens with one attached hydrogen (secondary N) is 1. The van der Waals surface area contributed by atoms with Gasteiger partial charge in [-0.25, -0.2) is 9.59 Å². The molecule has 1 amide bonds. The zero-order valence-electron chi connectivity index (χ0n) is 13.3. The molecule has 1 aliphatic heterocycles. The molecule has 0 bridgehead atoms. The van der Waals surface area contributed by atoms with Crippen molar-refractivity contribution in [1.82, 2.24) is 5.32 Å². The topological polar surface area (TPSA) is 64.6 Å². The summed E-state index contributed by atoms with van der Waals surface area (Å²) in [6.07, 6.45) is 0.404. The van der Waals surface area contributed by atoms with Gasteiger partial charge in [-0.1, -0.05) is 6.07 Å². The Morgan fingerprint density at radius 2 is 2.05 bits per heavy atom. The second kappa shape index (κ2) is 6.60. The van der Waals surface area contributed by atoms with Gasteiger partial charge < -0.3 is 14.8 Å². The number of methoxy groups -OCH3 is 1. The number of rotatable bonds is 2. The maximum absolute atomic E-state index is 11.9. The van der Waals surface area contributed by atoms with Gasteiger partial charge in [0.15, 0.2) is 0 Å². The molecule has 2 rings (SSSR count). The van der Waals surface area contributed by atoms with Crippen molar-refractivity contribution < 1.29 is 19.1 Å². The minimum Gasteiger partial charge on any atom is -0.465 e. The molecule has 6 heteroatoms. The normalized spacial score (nSPS) is 17.4. The molecule has 0 aromatic heterocycles. The smallest absolute Gasteiger partial charge is 0.408 e. The monoisotopic (exact) mass is 323 g/mol. The molecule has 0 saturated carbocycles. The van der Waals surface area contributed by atoms with Crippen LogP contribution in [0.4, 0.5) is 4.79 Å². The predicted octanol–water partition coefficient (Wildman–Crippen LogP) is 3.53. The van der Waals surface area contributed by atoms with Gasteiger partial charge in [0.25, 0.3) is 0 Å². The molecule has 120 valence electrons. The first-order valence-corrected chi connectivity index (χ1v) is 8.13. The summed E-state index contributed by atoms with van der Waals surface area (Å²) in [5.41, 5.74) is 1.01. The Bertz CT molecular complexity index is 580. The largest absolute Gasteiger partial charge is 0.465 e. The number of carbonyl (C=O) groups is 2. The SMILES string of the molecule is COC(=O)c1ccc2c(c1)SCC[C@@H]2NC(=O)OC(C)(C)C. The lowest BCUT2D eigenvalue weighted by Crippen LogP contribution is -2.36. The van der Waals surface area contributed by atoms with Crippen molar-refractivity contribution >= 4 is 23.8 Å². The lowest BCUT2D eigenvalue weighted by atomic mass is 10.0. The zero-order chi connectivity index (χ0) is 16.3. The summed E-state index contributed by atoms with van der Waals surface area (Å²) in [7, 11) is 1.36. The minimum atomic E-state index is -0.523. The molecular weight excluding hydrogens is 302 g/mol. The molecule has 0 spiro atoms. The predicted molar refractivity (Wildman–Crippen MR) is 85.2 cm³/mol. The van der Waals surface area contributed by atoms with Gasteiger partial charge in [-0.05, 0) is 44.9 Å². The van der Waals surface area contributed by atoms with Crippen LogP contribution in [0, 0.1) is 0 Å². The number of alkyl carbamates (subject to hydrolysis) is 1. The number of thioether (sulfide) groups is 1. The van der Waals surface area contributed by atoms with Gasteiger partial charge in [0.1, 0.15) is 5.60 Å². The van der Waals surface area contributed by atoms with E-state index in [9.17, 15) is 9.59 Å². The van der Waals surface area contributed by atoms with Crippen LogP contribution in [0.2, 0.25) is 0 Å². The van der Waals surface area contributed by atoms with Gasteiger partial charge in [-0.15, -0.1) is 11.8 Å².